The molecule has 0 aliphatic rings. The zero-order valence-corrected chi connectivity index (χ0v) is 10.3. The molecular formula is C10H15ClO6. The van der Waals surface area contributed by atoms with E-state index in [0.29, 0.717) is 12.8 Å². The molecule has 0 N–H and O–H groups in total. The minimum absolute atomic E-state index is 0.182. The Labute approximate surface area is 104 Å². The molecule has 0 fully saturated rings. The Hall–Kier alpha value is -1.27. The lowest BCUT2D eigenvalue weighted by molar-refractivity contribution is -0.267. The number of unbranched alkanes of at least 4 members (excludes halogenated alkanes) is 1. The normalized spacial score (nSPS) is 11.4. The maximum absolute atomic E-state index is 10.8. The quantitative estimate of drug-likeness (QED) is 0.167. The van der Waals surface area contributed by atoms with Crippen LogP contribution in [0.2, 0.25) is 0 Å². The van der Waals surface area contributed by atoms with Gasteiger partial charge in [0.25, 0.3) is 0 Å². The monoisotopic (exact) mass is 266 g/mol. The van der Waals surface area contributed by atoms with Gasteiger partial charge in [-0.05, 0) is 19.8 Å². The average molecular weight is 267 g/mol. The molecule has 0 amide bonds. The molecule has 17 heavy (non-hydrogen) atoms. The fourth-order valence-electron chi connectivity index (χ4n) is 0.719. The van der Waals surface area contributed by atoms with Gasteiger partial charge < -0.3 is 9.47 Å². The third kappa shape index (κ3) is 11.0. The van der Waals surface area contributed by atoms with Gasteiger partial charge in [-0.2, -0.15) is 4.89 Å². The Morgan fingerprint density at radius 2 is 2.00 bits per heavy atom. The van der Waals surface area contributed by atoms with Crippen LogP contribution in [0.15, 0.2) is 12.7 Å². The Kier molecular flexibility index (Phi) is 9.18. The van der Waals surface area contributed by atoms with E-state index < -0.39 is 17.7 Å². The molecule has 6 nitrogen and oxygen atoms in total. The van der Waals surface area contributed by atoms with Crippen molar-refractivity contribution in [1.82, 2.24) is 0 Å². The topological polar surface area (TPSA) is 71.1 Å². The molecule has 0 bridgehead atoms. The lowest BCUT2D eigenvalue weighted by Crippen LogP contribution is -2.12. The summed E-state index contributed by atoms with van der Waals surface area (Å²) in [6, 6.07) is 0. The molecule has 1 unspecified atom stereocenters. The summed E-state index contributed by atoms with van der Waals surface area (Å²) in [5.74, 6) is -0.652. The Morgan fingerprint density at radius 3 is 2.59 bits per heavy atom. The summed E-state index contributed by atoms with van der Waals surface area (Å²) in [5, 5.41) is 0. The Bertz CT molecular complexity index is 253. The molecule has 98 valence electrons. The van der Waals surface area contributed by atoms with Crippen LogP contribution in [-0.2, 0) is 24.0 Å². The van der Waals surface area contributed by atoms with Crippen LogP contribution in [0.4, 0.5) is 4.79 Å². The van der Waals surface area contributed by atoms with Crippen molar-refractivity contribution in [3.8, 4) is 0 Å². The summed E-state index contributed by atoms with van der Waals surface area (Å²) in [7, 11) is 0. The van der Waals surface area contributed by atoms with Crippen molar-refractivity contribution in [2.45, 2.75) is 25.3 Å². The van der Waals surface area contributed by atoms with Crippen molar-refractivity contribution in [2.75, 3.05) is 13.2 Å². The minimum Gasteiger partial charge on any atom is -0.434 e. The zero-order chi connectivity index (χ0) is 13.1. The van der Waals surface area contributed by atoms with Gasteiger partial charge in [-0.15, -0.1) is 0 Å². The van der Waals surface area contributed by atoms with E-state index in [4.69, 9.17) is 11.6 Å². The number of ether oxygens (including phenoxy) is 2. The van der Waals surface area contributed by atoms with Crippen molar-refractivity contribution < 1.29 is 28.8 Å². The lowest BCUT2D eigenvalue weighted by Gasteiger charge is -2.06. The fraction of sp³-hybridized carbons (Fsp3) is 0.600. The van der Waals surface area contributed by atoms with Crippen molar-refractivity contribution in [1.29, 1.82) is 0 Å². The van der Waals surface area contributed by atoms with Crippen LogP contribution in [0.1, 0.15) is 19.8 Å². The Morgan fingerprint density at radius 1 is 1.35 bits per heavy atom. The first-order chi connectivity index (χ1) is 8.06. The minimum atomic E-state index is -0.813. The summed E-state index contributed by atoms with van der Waals surface area (Å²) in [4.78, 5) is 30.2. The maximum Gasteiger partial charge on any atom is 0.509 e. The average Bonchev–Trinajstić information content (AvgIpc) is 2.26. The number of hydrogen-bond donors (Lipinski definition) is 0. The van der Waals surface area contributed by atoms with E-state index in [-0.39, 0.29) is 13.2 Å². The largest absolute Gasteiger partial charge is 0.509 e. The molecule has 1 atom stereocenters. The molecule has 0 spiro atoms. The van der Waals surface area contributed by atoms with Crippen LogP contribution < -0.4 is 0 Å². The van der Waals surface area contributed by atoms with E-state index in [1.165, 1.54) is 6.92 Å². The van der Waals surface area contributed by atoms with Gasteiger partial charge >= 0.3 is 12.1 Å². The first-order valence-electron chi connectivity index (χ1n) is 4.99. The van der Waals surface area contributed by atoms with Crippen LogP contribution >= 0.6 is 11.6 Å². The molecule has 0 aromatic heterocycles. The molecule has 0 heterocycles. The summed E-state index contributed by atoms with van der Waals surface area (Å²) < 4.78 is 9.19. The molecule has 0 aliphatic carbocycles. The summed E-state index contributed by atoms with van der Waals surface area (Å²) in [6.07, 6.45) is 1.30. The molecule has 0 aliphatic heterocycles. The highest BCUT2D eigenvalue weighted by atomic mass is 35.5. The van der Waals surface area contributed by atoms with Crippen molar-refractivity contribution >= 4 is 23.7 Å². The number of carbonyl (C=O) groups excluding carboxylic acids is 2. The lowest BCUT2D eigenvalue weighted by atomic mass is 10.3. The van der Waals surface area contributed by atoms with Crippen LogP contribution in [0.3, 0.4) is 0 Å². The van der Waals surface area contributed by atoms with Gasteiger partial charge in [0.1, 0.15) is 0 Å². The molecule has 0 saturated carbocycles. The first kappa shape index (κ1) is 15.7. The van der Waals surface area contributed by atoms with Gasteiger partial charge in [0.2, 0.25) is 0 Å². The van der Waals surface area contributed by atoms with Crippen LogP contribution in [-0.4, -0.2) is 30.9 Å². The highest BCUT2D eigenvalue weighted by Gasteiger charge is 2.06. The van der Waals surface area contributed by atoms with Gasteiger partial charge in [0.05, 0.1) is 13.2 Å². The summed E-state index contributed by atoms with van der Waals surface area (Å²) in [6.45, 7) is 5.09. The van der Waals surface area contributed by atoms with E-state index in [2.05, 4.69) is 25.8 Å². The second kappa shape index (κ2) is 9.92. The standard InChI is InChI=1S/C10H15ClO6/c1-3-9(12)17-15-7-5-4-6-14-10(13)16-8(2)11/h3,8H,1,4-7H2,2H3. The number of carbonyl (C=O) groups is 2. The second-order valence-corrected chi connectivity index (χ2v) is 3.51. The van der Waals surface area contributed by atoms with Crippen LogP contribution in [0.25, 0.3) is 0 Å². The predicted molar refractivity (Wildman–Crippen MR) is 59.2 cm³/mol. The SMILES string of the molecule is C=CC(=O)OOCCCCOC(=O)OC(C)Cl. The van der Waals surface area contributed by atoms with E-state index >= 15 is 0 Å². The third-order valence-electron chi connectivity index (χ3n) is 1.41. The van der Waals surface area contributed by atoms with Gasteiger partial charge in [-0.1, -0.05) is 18.2 Å². The summed E-state index contributed by atoms with van der Waals surface area (Å²) in [5.41, 5.74) is -0.718. The molecule has 0 rings (SSSR count). The first-order valence-corrected chi connectivity index (χ1v) is 5.43. The van der Waals surface area contributed by atoms with E-state index in [1.807, 2.05) is 0 Å². The fourth-order valence-corrected chi connectivity index (χ4v) is 0.792. The molecule has 0 radical (unpaired) electrons. The highest BCUT2D eigenvalue weighted by Crippen LogP contribution is 2.00. The van der Waals surface area contributed by atoms with Gasteiger partial charge in [0.15, 0.2) is 5.56 Å². The number of halogens is 1. The smallest absolute Gasteiger partial charge is 0.434 e. The van der Waals surface area contributed by atoms with Crippen molar-refractivity contribution in [2.24, 2.45) is 0 Å². The van der Waals surface area contributed by atoms with E-state index in [9.17, 15) is 9.59 Å². The number of hydrogen-bond acceptors (Lipinski definition) is 6. The molecule has 0 aromatic carbocycles. The van der Waals surface area contributed by atoms with E-state index in [0.717, 1.165) is 6.08 Å². The zero-order valence-electron chi connectivity index (χ0n) is 9.52. The predicted octanol–water partition coefficient (Wildman–Crippen LogP) is 2.17. The van der Waals surface area contributed by atoms with Crippen LogP contribution in [0, 0.1) is 0 Å². The second-order valence-electron chi connectivity index (χ2n) is 2.89. The van der Waals surface area contributed by atoms with E-state index in [1.54, 1.807) is 0 Å². The molecular weight excluding hydrogens is 252 g/mol. The maximum atomic E-state index is 10.8. The van der Waals surface area contributed by atoms with Crippen LogP contribution in [0.5, 0.6) is 0 Å². The molecule has 7 heteroatoms. The van der Waals surface area contributed by atoms with Crippen molar-refractivity contribution in [3.05, 3.63) is 12.7 Å². The van der Waals surface area contributed by atoms with Gasteiger partial charge in [-0.3, -0.25) is 4.89 Å². The molecule has 0 saturated heterocycles. The Balaban J connectivity index is 3.26. The third-order valence-corrected chi connectivity index (χ3v) is 1.50. The van der Waals surface area contributed by atoms with Crippen molar-refractivity contribution in [3.63, 3.8) is 0 Å². The number of rotatable bonds is 8. The van der Waals surface area contributed by atoms with Gasteiger partial charge in [-0.25, -0.2) is 9.59 Å². The number of alkyl halides is 1. The molecule has 0 aromatic rings. The highest BCUT2D eigenvalue weighted by molar-refractivity contribution is 6.19. The summed E-state index contributed by atoms with van der Waals surface area (Å²) >= 11 is 5.40. The van der Waals surface area contributed by atoms with Gasteiger partial charge in [0, 0.05) is 6.08 Å².